The molecule has 0 bridgehead atoms. The second kappa shape index (κ2) is 6.78. The topological polar surface area (TPSA) is 54.8 Å². The minimum Gasteiger partial charge on any atom is -0.383 e. The van der Waals surface area contributed by atoms with Crippen LogP contribution in [0.3, 0.4) is 0 Å². The summed E-state index contributed by atoms with van der Waals surface area (Å²) < 4.78 is 1.94. The summed E-state index contributed by atoms with van der Waals surface area (Å²) in [6.07, 6.45) is 6.83. The lowest BCUT2D eigenvalue weighted by molar-refractivity contribution is 0.637. The van der Waals surface area contributed by atoms with Crippen LogP contribution in [0.4, 0.5) is 11.5 Å². The standard InChI is InChI=1S/C14H21N5/c1-3-5-16-14-9-13(4-6-17-14)15-7-8-19-11-12(2)10-18-19/h4,6,9-11H,3,5,7-8H2,1-2H3,(H2,15,16,17). The van der Waals surface area contributed by atoms with Crippen LogP contribution in [0, 0.1) is 6.92 Å². The number of nitrogens with zero attached hydrogens (tertiary/aromatic N) is 3. The molecule has 0 aliphatic rings. The quantitative estimate of drug-likeness (QED) is 0.802. The Hall–Kier alpha value is -2.04. The number of nitrogens with one attached hydrogen (secondary N) is 2. The van der Waals surface area contributed by atoms with E-state index >= 15 is 0 Å². The Kier molecular flexibility index (Phi) is 4.78. The molecule has 0 spiro atoms. The van der Waals surface area contributed by atoms with Gasteiger partial charge in [0, 0.05) is 37.2 Å². The van der Waals surface area contributed by atoms with E-state index in [1.54, 1.807) is 0 Å². The van der Waals surface area contributed by atoms with Gasteiger partial charge in [-0.25, -0.2) is 4.98 Å². The monoisotopic (exact) mass is 259 g/mol. The molecule has 0 saturated carbocycles. The van der Waals surface area contributed by atoms with Gasteiger partial charge in [-0.05, 0) is 25.0 Å². The number of hydrogen-bond acceptors (Lipinski definition) is 4. The first-order valence-corrected chi connectivity index (χ1v) is 6.71. The predicted molar refractivity (Wildman–Crippen MR) is 78.5 cm³/mol. The Balaban J connectivity index is 1.82. The van der Waals surface area contributed by atoms with Crippen LogP contribution in [0.2, 0.25) is 0 Å². The summed E-state index contributed by atoms with van der Waals surface area (Å²) in [7, 11) is 0. The summed E-state index contributed by atoms with van der Waals surface area (Å²) in [5.41, 5.74) is 2.27. The van der Waals surface area contributed by atoms with Gasteiger partial charge in [-0.3, -0.25) is 4.68 Å². The van der Waals surface area contributed by atoms with E-state index in [-0.39, 0.29) is 0 Å². The lowest BCUT2D eigenvalue weighted by Gasteiger charge is -2.09. The van der Waals surface area contributed by atoms with Crippen molar-refractivity contribution in [3.63, 3.8) is 0 Å². The van der Waals surface area contributed by atoms with Crippen LogP contribution in [0.1, 0.15) is 18.9 Å². The van der Waals surface area contributed by atoms with E-state index in [9.17, 15) is 0 Å². The highest BCUT2D eigenvalue weighted by Gasteiger charge is 1.97. The molecule has 0 aromatic carbocycles. The smallest absolute Gasteiger partial charge is 0.127 e. The molecule has 0 unspecified atom stereocenters. The molecule has 2 heterocycles. The second-order valence-electron chi connectivity index (χ2n) is 4.56. The van der Waals surface area contributed by atoms with E-state index in [4.69, 9.17) is 0 Å². The predicted octanol–water partition coefficient (Wildman–Crippen LogP) is 2.52. The molecule has 0 saturated heterocycles. The van der Waals surface area contributed by atoms with Crippen molar-refractivity contribution in [3.05, 3.63) is 36.3 Å². The van der Waals surface area contributed by atoms with Gasteiger partial charge in [0.25, 0.3) is 0 Å². The summed E-state index contributed by atoms with van der Waals surface area (Å²) in [6.45, 7) is 6.84. The van der Waals surface area contributed by atoms with Gasteiger partial charge in [0.1, 0.15) is 5.82 Å². The molecule has 5 heteroatoms. The van der Waals surface area contributed by atoms with Crippen molar-refractivity contribution in [2.45, 2.75) is 26.8 Å². The van der Waals surface area contributed by atoms with E-state index < -0.39 is 0 Å². The average molecular weight is 259 g/mol. The average Bonchev–Trinajstić information content (AvgIpc) is 2.83. The first kappa shape index (κ1) is 13.4. The van der Waals surface area contributed by atoms with Crippen molar-refractivity contribution < 1.29 is 0 Å². The molecule has 2 aromatic heterocycles. The van der Waals surface area contributed by atoms with Gasteiger partial charge in [0.05, 0.1) is 12.7 Å². The fourth-order valence-corrected chi connectivity index (χ4v) is 1.79. The van der Waals surface area contributed by atoms with Gasteiger partial charge in [-0.15, -0.1) is 0 Å². The SMILES string of the molecule is CCCNc1cc(NCCn2cc(C)cn2)ccn1. The number of anilines is 2. The van der Waals surface area contributed by atoms with Crippen LogP contribution >= 0.6 is 0 Å². The molecular formula is C14H21N5. The molecule has 2 N–H and O–H groups in total. The first-order valence-electron chi connectivity index (χ1n) is 6.71. The molecule has 0 atom stereocenters. The van der Waals surface area contributed by atoms with Crippen LogP contribution in [0.5, 0.6) is 0 Å². The zero-order valence-corrected chi connectivity index (χ0v) is 11.6. The molecule has 0 amide bonds. The Bertz CT molecular complexity index is 506. The number of pyridine rings is 1. The molecular weight excluding hydrogens is 238 g/mol. The molecule has 2 rings (SSSR count). The van der Waals surface area contributed by atoms with Crippen LogP contribution in [-0.4, -0.2) is 27.9 Å². The van der Waals surface area contributed by atoms with E-state index in [0.29, 0.717) is 0 Å². The van der Waals surface area contributed by atoms with Crippen LogP contribution in [0.15, 0.2) is 30.7 Å². The largest absolute Gasteiger partial charge is 0.383 e. The maximum absolute atomic E-state index is 4.28. The Labute approximate surface area is 114 Å². The Morgan fingerprint density at radius 2 is 2.16 bits per heavy atom. The summed E-state index contributed by atoms with van der Waals surface area (Å²) >= 11 is 0. The van der Waals surface area contributed by atoms with Crippen molar-refractivity contribution in [2.24, 2.45) is 0 Å². The maximum Gasteiger partial charge on any atom is 0.127 e. The fraction of sp³-hybridized carbons (Fsp3) is 0.429. The van der Waals surface area contributed by atoms with Gasteiger partial charge in [0.15, 0.2) is 0 Å². The molecule has 0 fully saturated rings. The minimum absolute atomic E-state index is 0.846. The zero-order valence-electron chi connectivity index (χ0n) is 11.6. The van der Waals surface area contributed by atoms with Crippen molar-refractivity contribution >= 4 is 11.5 Å². The maximum atomic E-state index is 4.28. The van der Waals surface area contributed by atoms with Crippen molar-refractivity contribution in [1.82, 2.24) is 14.8 Å². The van der Waals surface area contributed by atoms with Crippen LogP contribution in [-0.2, 0) is 6.54 Å². The highest BCUT2D eigenvalue weighted by Crippen LogP contribution is 2.11. The number of rotatable bonds is 7. The van der Waals surface area contributed by atoms with E-state index in [2.05, 4.69) is 27.6 Å². The lowest BCUT2D eigenvalue weighted by atomic mass is 10.3. The summed E-state index contributed by atoms with van der Waals surface area (Å²) in [5.74, 6) is 0.918. The molecule has 19 heavy (non-hydrogen) atoms. The molecule has 0 aliphatic carbocycles. The van der Waals surface area contributed by atoms with Gasteiger partial charge in [-0.2, -0.15) is 5.10 Å². The minimum atomic E-state index is 0.846. The molecule has 0 aliphatic heterocycles. The zero-order chi connectivity index (χ0) is 13.5. The molecule has 0 radical (unpaired) electrons. The molecule has 102 valence electrons. The third-order valence-electron chi connectivity index (χ3n) is 2.75. The molecule has 5 nitrogen and oxygen atoms in total. The number of aryl methyl sites for hydroxylation is 1. The number of aromatic nitrogens is 3. The highest BCUT2D eigenvalue weighted by atomic mass is 15.3. The summed E-state index contributed by atoms with van der Waals surface area (Å²) in [6, 6.07) is 4.01. The Morgan fingerprint density at radius 3 is 2.89 bits per heavy atom. The number of hydrogen-bond donors (Lipinski definition) is 2. The third kappa shape index (κ3) is 4.28. The van der Waals surface area contributed by atoms with E-state index in [1.165, 1.54) is 5.56 Å². The van der Waals surface area contributed by atoms with Gasteiger partial charge in [-0.1, -0.05) is 6.92 Å². The van der Waals surface area contributed by atoms with Gasteiger partial charge >= 0.3 is 0 Å². The second-order valence-corrected chi connectivity index (χ2v) is 4.56. The normalized spacial score (nSPS) is 10.4. The van der Waals surface area contributed by atoms with Gasteiger partial charge in [0.2, 0.25) is 0 Å². The van der Waals surface area contributed by atoms with Crippen LogP contribution < -0.4 is 10.6 Å². The lowest BCUT2D eigenvalue weighted by Crippen LogP contribution is -2.11. The van der Waals surface area contributed by atoms with Crippen molar-refractivity contribution in [1.29, 1.82) is 0 Å². The molecule has 2 aromatic rings. The van der Waals surface area contributed by atoms with Crippen molar-refractivity contribution in [2.75, 3.05) is 23.7 Å². The van der Waals surface area contributed by atoms with Crippen LogP contribution in [0.25, 0.3) is 0 Å². The van der Waals surface area contributed by atoms with E-state index in [1.807, 2.05) is 42.3 Å². The van der Waals surface area contributed by atoms with E-state index in [0.717, 1.165) is 37.6 Å². The summed E-state index contributed by atoms with van der Waals surface area (Å²) in [4.78, 5) is 4.28. The fourth-order valence-electron chi connectivity index (χ4n) is 1.79. The van der Waals surface area contributed by atoms with Crippen molar-refractivity contribution in [3.8, 4) is 0 Å². The highest BCUT2D eigenvalue weighted by molar-refractivity contribution is 5.51. The Morgan fingerprint density at radius 1 is 1.26 bits per heavy atom. The third-order valence-corrected chi connectivity index (χ3v) is 2.75. The first-order chi connectivity index (χ1) is 9.28. The van der Waals surface area contributed by atoms with Gasteiger partial charge < -0.3 is 10.6 Å². The summed E-state index contributed by atoms with van der Waals surface area (Å²) in [5, 5.41) is 10.9.